The van der Waals surface area contributed by atoms with Gasteiger partial charge in [0.2, 0.25) is 5.91 Å². The Hall–Kier alpha value is -1.88. The van der Waals surface area contributed by atoms with Gasteiger partial charge in [-0.25, -0.2) is 4.79 Å². The standard InChI is InChI=1S/C15H18N2O3/c18-14(17-7-6-16-5-4-13(17)10-16)9-11-2-1-3-12(8-11)15(19)20/h1-3,8,13H,4-7,9-10H2,(H,19,20). The number of nitrogens with zero attached hydrogens (tertiary/aromatic N) is 2. The number of piperazine rings is 1. The number of carbonyl (C=O) groups is 2. The number of aromatic carboxylic acids is 1. The van der Waals surface area contributed by atoms with E-state index in [0.29, 0.717) is 6.04 Å². The minimum atomic E-state index is -0.955. The molecule has 5 heteroatoms. The molecule has 2 aliphatic heterocycles. The van der Waals surface area contributed by atoms with Crippen LogP contribution in [0.15, 0.2) is 24.3 Å². The lowest BCUT2D eigenvalue weighted by atomic mass is 10.1. The molecule has 106 valence electrons. The fraction of sp³-hybridized carbons (Fsp3) is 0.467. The van der Waals surface area contributed by atoms with E-state index in [1.54, 1.807) is 18.2 Å². The number of carboxylic acids is 1. The summed E-state index contributed by atoms with van der Waals surface area (Å²) in [6.07, 6.45) is 1.35. The predicted octanol–water partition coefficient (Wildman–Crippen LogP) is 0.844. The first-order valence-electron chi connectivity index (χ1n) is 6.97. The molecule has 0 aliphatic carbocycles. The molecule has 2 aliphatic rings. The van der Waals surface area contributed by atoms with Crippen molar-refractivity contribution in [1.82, 2.24) is 9.80 Å². The van der Waals surface area contributed by atoms with Crippen LogP contribution in [0.25, 0.3) is 0 Å². The molecule has 1 N–H and O–H groups in total. The molecule has 2 atom stereocenters. The third-order valence-corrected chi connectivity index (χ3v) is 4.20. The highest BCUT2D eigenvalue weighted by molar-refractivity contribution is 5.88. The second kappa shape index (κ2) is 5.25. The van der Waals surface area contributed by atoms with Crippen LogP contribution in [-0.4, -0.2) is 59.0 Å². The molecular weight excluding hydrogens is 256 g/mol. The summed E-state index contributed by atoms with van der Waals surface area (Å²) >= 11 is 0. The van der Waals surface area contributed by atoms with Gasteiger partial charge in [-0.1, -0.05) is 12.1 Å². The molecule has 2 fully saturated rings. The number of carbonyl (C=O) groups excluding carboxylic acids is 1. The molecule has 0 saturated carbocycles. The van der Waals surface area contributed by atoms with Crippen molar-refractivity contribution in [3.8, 4) is 0 Å². The molecule has 1 aromatic carbocycles. The summed E-state index contributed by atoms with van der Waals surface area (Å²) < 4.78 is 0. The molecule has 2 heterocycles. The van der Waals surface area contributed by atoms with E-state index >= 15 is 0 Å². The van der Waals surface area contributed by atoms with Crippen LogP contribution < -0.4 is 0 Å². The zero-order valence-corrected chi connectivity index (χ0v) is 11.3. The van der Waals surface area contributed by atoms with Crippen molar-refractivity contribution in [2.45, 2.75) is 18.9 Å². The summed E-state index contributed by atoms with van der Waals surface area (Å²) in [5.74, 6) is -0.845. The molecule has 20 heavy (non-hydrogen) atoms. The van der Waals surface area contributed by atoms with Gasteiger partial charge in [0.25, 0.3) is 0 Å². The van der Waals surface area contributed by atoms with Crippen LogP contribution in [0, 0.1) is 0 Å². The molecule has 5 nitrogen and oxygen atoms in total. The van der Waals surface area contributed by atoms with Crippen LogP contribution in [0.3, 0.4) is 0 Å². The van der Waals surface area contributed by atoms with Crippen molar-refractivity contribution >= 4 is 11.9 Å². The predicted molar refractivity (Wildman–Crippen MR) is 73.7 cm³/mol. The Morgan fingerprint density at radius 2 is 2.10 bits per heavy atom. The van der Waals surface area contributed by atoms with Crippen molar-refractivity contribution in [2.75, 3.05) is 26.2 Å². The highest BCUT2D eigenvalue weighted by Gasteiger charge is 2.34. The third-order valence-electron chi connectivity index (χ3n) is 4.20. The zero-order valence-electron chi connectivity index (χ0n) is 11.3. The Bertz CT molecular complexity index is 544. The molecule has 0 spiro atoms. The largest absolute Gasteiger partial charge is 0.478 e. The van der Waals surface area contributed by atoms with Crippen molar-refractivity contribution in [3.05, 3.63) is 35.4 Å². The lowest BCUT2D eigenvalue weighted by Gasteiger charge is -2.34. The normalized spacial score (nSPS) is 24.7. The van der Waals surface area contributed by atoms with Crippen molar-refractivity contribution in [2.24, 2.45) is 0 Å². The van der Waals surface area contributed by atoms with E-state index in [1.165, 1.54) is 0 Å². The zero-order chi connectivity index (χ0) is 14.1. The van der Waals surface area contributed by atoms with Crippen LogP contribution >= 0.6 is 0 Å². The van der Waals surface area contributed by atoms with E-state index in [-0.39, 0.29) is 17.9 Å². The quantitative estimate of drug-likeness (QED) is 0.887. The summed E-state index contributed by atoms with van der Waals surface area (Å²) in [6.45, 7) is 3.82. The maximum Gasteiger partial charge on any atom is 0.335 e. The molecule has 1 amide bonds. The number of hydrogen-bond donors (Lipinski definition) is 1. The highest BCUT2D eigenvalue weighted by Crippen LogP contribution is 2.21. The van der Waals surface area contributed by atoms with Gasteiger partial charge in [-0.15, -0.1) is 0 Å². The van der Waals surface area contributed by atoms with Gasteiger partial charge in [-0.05, 0) is 24.1 Å². The molecular formula is C15H18N2O3. The molecule has 3 rings (SSSR count). The number of rotatable bonds is 3. The van der Waals surface area contributed by atoms with E-state index in [2.05, 4.69) is 4.90 Å². The maximum atomic E-state index is 12.4. The van der Waals surface area contributed by atoms with E-state index in [9.17, 15) is 9.59 Å². The summed E-state index contributed by atoms with van der Waals surface area (Å²) in [6, 6.07) is 6.99. The van der Waals surface area contributed by atoms with Crippen LogP contribution in [0.2, 0.25) is 0 Å². The molecule has 2 unspecified atom stereocenters. The molecule has 2 saturated heterocycles. The first-order valence-corrected chi connectivity index (χ1v) is 6.97. The average Bonchev–Trinajstić information content (AvgIpc) is 2.80. The van der Waals surface area contributed by atoms with Crippen molar-refractivity contribution in [3.63, 3.8) is 0 Å². The van der Waals surface area contributed by atoms with E-state index in [0.717, 1.165) is 38.2 Å². The number of carboxylic acid groups (broad SMARTS) is 1. The van der Waals surface area contributed by atoms with Gasteiger partial charge in [0.05, 0.1) is 12.0 Å². The molecule has 1 aromatic rings. The second-order valence-electron chi connectivity index (χ2n) is 5.51. The fourth-order valence-corrected chi connectivity index (χ4v) is 3.12. The Balaban J connectivity index is 1.69. The van der Waals surface area contributed by atoms with Crippen LogP contribution in [0.5, 0.6) is 0 Å². The molecule has 0 radical (unpaired) electrons. The number of hydrogen-bond acceptors (Lipinski definition) is 3. The van der Waals surface area contributed by atoms with E-state index in [4.69, 9.17) is 5.11 Å². The Labute approximate surface area is 117 Å². The van der Waals surface area contributed by atoms with Crippen LogP contribution in [-0.2, 0) is 11.2 Å². The molecule has 2 bridgehead atoms. The smallest absolute Gasteiger partial charge is 0.335 e. The van der Waals surface area contributed by atoms with Gasteiger partial charge >= 0.3 is 5.97 Å². The Kier molecular flexibility index (Phi) is 3.44. The maximum absolute atomic E-state index is 12.4. The van der Waals surface area contributed by atoms with Gasteiger partial charge in [-0.2, -0.15) is 0 Å². The van der Waals surface area contributed by atoms with E-state index in [1.807, 2.05) is 11.0 Å². The van der Waals surface area contributed by atoms with Gasteiger partial charge in [0, 0.05) is 32.2 Å². The number of benzene rings is 1. The Morgan fingerprint density at radius 3 is 2.90 bits per heavy atom. The first kappa shape index (κ1) is 13.1. The fourth-order valence-electron chi connectivity index (χ4n) is 3.12. The lowest BCUT2D eigenvalue weighted by molar-refractivity contribution is -0.133. The Morgan fingerprint density at radius 1 is 1.25 bits per heavy atom. The van der Waals surface area contributed by atoms with Gasteiger partial charge in [0.1, 0.15) is 0 Å². The van der Waals surface area contributed by atoms with Gasteiger partial charge < -0.3 is 10.0 Å². The second-order valence-corrected chi connectivity index (χ2v) is 5.51. The van der Waals surface area contributed by atoms with Crippen LogP contribution in [0.4, 0.5) is 0 Å². The minimum Gasteiger partial charge on any atom is -0.478 e. The third kappa shape index (κ3) is 2.54. The SMILES string of the molecule is O=C(O)c1cccc(CC(=O)N2CCN3CCC2C3)c1. The lowest BCUT2D eigenvalue weighted by Crippen LogP contribution is -2.50. The summed E-state index contributed by atoms with van der Waals surface area (Å²) in [4.78, 5) is 27.7. The monoisotopic (exact) mass is 274 g/mol. The summed E-state index contributed by atoms with van der Waals surface area (Å²) in [7, 11) is 0. The summed E-state index contributed by atoms with van der Waals surface area (Å²) in [5, 5.41) is 8.98. The topological polar surface area (TPSA) is 60.9 Å². The van der Waals surface area contributed by atoms with Gasteiger partial charge in [-0.3, -0.25) is 9.69 Å². The van der Waals surface area contributed by atoms with Crippen molar-refractivity contribution < 1.29 is 14.7 Å². The van der Waals surface area contributed by atoms with Crippen LogP contribution in [0.1, 0.15) is 22.3 Å². The first-order chi connectivity index (χ1) is 9.63. The highest BCUT2D eigenvalue weighted by atomic mass is 16.4. The molecule has 0 aromatic heterocycles. The summed E-state index contributed by atoms with van der Waals surface area (Å²) in [5.41, 5.74) is 1.01. The minimum absolute atomic E-state index is 0.110. The van der Waals surface area contributed by atoms with Crippen molar-refractivity contribution in [1.29, 1.82) is 0 Å². The number of fused-ring (bicyclic) bond motifs is 2. The number of amides is 1. The van der Waals surface area contributed by atoms with Gasteiger partial charge in [0.15, 0.2) is 0 Å². The average molecular weight is 274 g/mol. The van der Waals surface area contributed by atoms with E-state index < -0.39 is 5.97 Å².